The van der Waals surface area contributed by atoms with Gasteiger partial charge in [0, 0.05) is 12.7 Å². The molecule has 0 saturated carbocycles. The summed E-state index contributed by atoms with van der Waals surface area (Å²) in [4.78, 5) is 4.27. The maximum absolute atomic E-state index is 4.27. The topological polar surface area (TPSA) is 24.9 Å². The normalized spacial score (nSPS) is 10.4. The van der Waals surface area contributed by atoms with Crippen LogP contribution in [0.5, 0.6) is 0 Å². The van der Waals surface area contributed by atoms with Crippen LogP contribution in [0.3, 0.4) is 0 Å². The summed E-state index contributed by atoms with van der Waals surface area (Å²) in [6, 6.07) is 3.94. The van der Waals surface area contributed by atoms with Crippen LogP contribution in [0.25, 0.3) is 0 Å². The van der Waals surface area contributed by atoms with E-state index in [1.165, 1.54) is 38.5 Å². The number of anilines is 1. The number of hydrogen-bond acceptors (Lipinski definition) is 2. The molecule has 0 spiro atoms. The average molecular weight is 285 g/mol. The third-order valence-corrected chi connectivity index (χ3v) is 3.22. The van der Waals surface area contributed by atoms with Crippen LogP contribution in [0.1, 0.15) is 45.4 Å². The van der Waals surface area contributed by atoms with Gasteiger partial charge in [-0.2, -0.15) is 0 Å². The van der Waals surface area contributed by atoms with Gasteiger partial charge < -0.3 is 5.32 Å². The smallest absolute Gasteiger partial charge is 0.140 e. The zero-order chi connectivity index (χ0) is 11.6. The zero-order valence-electron chi connectivity index (χ0n) is 10.0. The number of nitrogens with one attached hydrogen (secondary N) is 1. The fourth-order valence-corrected chi connectivity index (χ4v) is 2.02. The van der Waals surface area contributed by atoms with Gasteiger partial charge in [-0.15, -0.1) is 0 Å². The lowest BCUT2D eigenvalue weighted by Crippen LogP contribution is -2.03. The monoisotopic (exact) mass is 284 g/mol. The summed E-state index contributed by atoms with van der Waals surface area (Å²) in [5.74, 6) is 0.955. The van der Waals surface area contributed by atoms with E-state index in [-0.39, 0.29) is 0 Å². The minimum atomic E-state index is 0.955. The lowest BCUT2D eigenvalue weighted by molar-refractivity contribution is 0.617. The third kappa shape index (κ3) is 5.50. The molecule has 0 aromatic carbocycles. The van der Waals surface area contributed by atoms with Gasteiger partial charge in [0.25, 0.3) is 0 Å². The molecule has 0 saturated heterocycles. The first-order valence-electron chi connectivity index (χ1n) is 6.19. The molecule has 0 aliphatic heterocycles. The standard InChI is InChI=1S/C13H21BrN2/c1-2-3-4-5-6-7-10-15-13-12(14)9-8-11-16-13/h8-9,11H,2-7,10H2,1H3,(H,15,16). The Hall–Kier alpha value is -0.570. The van der Waals surface area contributed by atoms with Crippen molar-refractivity contribution in [3.05, 3.63) is 22.8 Å². The number of hydrogen-bond donors (Lipinski definition) is 1. The first kappa shape index (κ1) is 13.5. The average Bonchev–Trinajstić information content (AvgIpc) is 2.30. The van der Waals surface area contributed by atoms with Crippen molar-refractivity contribution in [2.45, 2.75) is 45.4 Å². The molecule has 0 unspecified atom stereocenters. The highest BCUT2D eigenvalue weighted by atomic mass is 79.9. The predicted molar refractivity (Wildman–Crippen MR) is 73.8 cm³/mol. The molecule has 1 heterocycles. The van der Waals surface area contributed by atoms with Crippen LogP contribution in [-0.2, 0) is 0 Å². The number of halogens is 1. The molecular formula is C13H21BrN2. The molecule has 3 heteroatoms. The lowest BCUT2D eigenvalue weighted by atomic mass is 10.1. The SMILES string of the molecule is CCCCCCCCNc1ncccc1Br. The minimum absolute atomic E-state index is 0.955. The van der Waals surface area contributed by atoms with E-state index in [0.717, 1.165) is 16.8 Å². The van der Waals surface area contributed by atoms with E-state index in [4.69, 9.17) is 0 Å². The van der Waals surface area contributed by atoms with Gasteiger partial charge in [-0.05, 0) is 34.5 Å². The first-order chi connectivity index (χ1) is 7.84. The van der Waals surface area contributed by atoms with Gasteiger partial charge in [0.15, 0.2) is 0 Å². The van der Waals surface area contributed by atoms with Crippen LogP contribution in [0.4, 0.5) is 5.82 Å². The van der Waals surface area contributed by atoms with Crippen molar-refractivity contribution < 1.29 is 0 Å². The summed E-state index contributed by atoms with van der Waals surface area (Å²) in [5.41, 5.74) is 0. The molecule has 0 radical (unpaired) electrons. The van der Waals surface area contributed by atoms with Crippen LogP contribution in [0.2, 0.25) is 0 Å². The molecule has 0 bridgehead atoms. The van der Waals surface area contributed by atoms with Gasteiger partial charge in [0.1, 0.15) is 5.82 Å². The van der Waals surface area contributed by atoms with E-state index in [0.29, 0.717) is 0 Å². The Morgan fingerprint density at radius 1 is 1.19 bits per heavy atom. The fraction of sp³-hybridized carbons (Fsp3) is 0.615. The van der Waals surface area contributed by atoms with Crippen LogP contribution in [0, 0.1) is 0 Å². The highest BCUT2D eigenvalue weighted by Gasteiger charge is 1.97. The number of pyridine rings is 1. The van der Waals surface area contributed by atoms with Crippen LogP contribution in [-0.4, -0.2) is 11.5 Å². The van der Waals surface area contributed by atoms with E-state index in [1.54, 1.807) is 0 Å². The molecule has 0 atom stereocenters. The van der Waals surface area contributed by atoms with Crippen molar-refractivity contribution in [3.8, 4) is 0 Å². The quantitative estimate of drug-likeness (QED) is 0.705. The van der Waals surface area contributed by atoms with Crippen LogP contribution in [0.15, 0.2) is 22.8 Å². The molecule has 0 amide bonds. The van der Waals surface area contributed by atoms with Gasteiger partial charge in [-0.25, -0.2) is 4.98 Å². The van der Waals surface area contributed by atoms with Crippen molar-refractivity contribution in [3.63, 3.8) is 0 Å². The minimum Gasteiger partial charge on any atom is -0.369 e. The largest absolute Gasteiger partial charge is 0.369 e. The van der Waals surface area contributed by atoms with E-state index in [2.05, 4.69) is 33.2 Å². The van der Waals surface area contributed by atoms with Crippen molar-refractivity contribution in [2.75, 3.05) is 11.9 Å². The summed E-state index contributed by atoms with van der Waals surface area (Å²) in [5, 5.41) is 3.35. The number of aromatic nitrogens is 1. The maximum atomic E-state index is 4.27. The van der Waals surface area contributed by atoms with E-state index in [9.17, 15) is 0 Å². The molecule has 1 aromatic rings. The molecule has 16 heavy (non-hydrogen) atoms. The molecule has 0 fully saturated rings. The Morgan fingerprint density at radius 2 is 1.94 bits per heavy atom. The molecular weight excluding hydrogens is 264 g/mol. The van der Waals surface area contributed by atoms with Gasteiger partial charge in [0.2, 0.25) is 0 Å². The summed E-state index contributed by atoms with van der Waals surface area (Å²) >= 11 is 3.47. The Bertz CT molecular complexity index is 289. The van der Waals surface area contributed by atoms with Crippen LogP contribution < -0.4 is 5.32 Å². The lowest BCUT2D eigenvalue weighted by Gasteiger charge is -2.06. The molecule has 1 rings (SSSR count). The Morgan fingerprint density at radius 3 is 2.69 bits per heavy atom. The Balaban J connectivity index is 2.05. The Labute approximate surface area is 107 Å². The number of unbranched alkanes of at least 4 members (excludes halogenated alkanes) is 5. The number of rotatable bonds is 8. The highest BCUT2D eigenvalue weighted by Crippen LogP contribution is 2.18. The molecule has 90 valence electrons. The van der Waals surface area contributed by atoms with Crippen molar-refractivity contribution in [2.24, 2.45) is 0 Å². The van der Waals surface area contributed by atoms with Gasteiger partial charge in [-0.1, -0.05) is 39.0 Å². The second kappa shape index (κ2) is 8.57. The van der Waals surface area contributed by atoms with Crippen LogP contribution >= 0.6 is 15.9 Å². The third-order valence-electron chi connectivity index (χ3n) is 2.58. The highest BCUT2D eigenvalue weighted by molar-refractivity contribution is 9.10. The van der Waals surface area contributed by atoms with Gasteiger partial charge >= 0.3 is 0 Å². The first-order valence-corrected chi connectivity index (χ1v) is 6.98. The maximum Gasteiger partial charge on any atom is 0.140 e. The second-order valence-electron chi connectivity index (χ2n) is 4.03. The second-order valence-corrected chi connectivity index (χ2v) is 4.88. The van der Waals surface area contributed by atoms with Gasteiger partial charge in [-0.3, -0.25) is 0 Å². The molecule has 1 N–H and O–H groups in total. The van der Waals surface area contributed by atoms with Crippen molar-refractivity contribution in [1.82, 2.24) is 4.98 Å². The van der Waals surface area contributed by atoms with Gasteiger partial charge in [0.05, 0.1) is 4.47 Å². The molecule has 2 nitrogen and oxygen atoms in total. The summed E-state index contributed by atoms with van der Waals surface area (Å²) in [7, 11) is 0. The molecule has 0 aliphatic carbocycles. The molecule has 0 aliphatic rings. The fourth-order valence-electron chi connectivity index (χ4n) is 1.63. The summed E-state index contributed by atoms with van der Waals surface area (Å²) in [6.07, 6.45) is 9.79. The van der Waals surface area contributed by atoms with Crippen molar-refractivity contribution in [1.29, 1.82) is 0 Å². The molecule has 1 aromatic heterocycles. The Kier molecular flexibility index (Phi) is 7.23. The van der Waals surface area contributed by atoms with E-state index >= 15 is 0 Å². The zero-order valence-corrected chi connectivity index (χ0v) is 11.6. The van der Waals surface area contributed by atoms with E-state index < -0.39 is 0 Å². The summed E-state index contributed by atoms with van der Waals surface area (Å²) in [6.45, 7) is 3.27. The number of nitrogens with zero attached hydrogens (tertiary/aromatic N) is 1. The summed E-state index contributed by atoms with van der Waals surface area (Å²) < 4.78 is 1.04. The predicted octanol–water partition coefficient (Wildman–Crippen LogP) is 4.62. The van der Waals surface area contributed by atoms with E-state index in [1.807, 2.05) is 18.3 Å². The van der Waals surface area contributed by atoms with Crippen molar-refractivity contribution >= 4 is 21.7 Å².